The highest BCUT2D eigenvalue weighted by molar-refractivity contribution is 6.06. The van der Waals surface area contributed by atoms with Crippen LogP contribution in [0.1, 0.15) is 37.5 Å². The van der Waals surface area contributed by atoms with E-state index in [-0.39, 0.29) is 23.0 Å². The summed E-state index contributed by atoms with van der Waals surface area (Å²) in [6, 6.07) is 4.77. The highest BCUT2D eigenvalue weighted by Gasteiger charge is 2.37. The number of ether oxygens (including phenoxy) is 1. The van der Waals surface area contributed by atoms with Gasteiger partial charge in [0.05, 0.1) is 16.9 Å². The van der Waals surface area contributed by atoms with Crippen LogP contribution < -0.4 is 11.1 Å². The van der Waals surface area contributed by atoms with Crippen LogP contribution in [-0.2, 0) is 10.9 Å². The molecular weight excluding hydrogens is 423 g/mol. The second-order valence-corrected chi connectivity index (χ2v) is 8.77. The second-order valence-electron chi connectivity index (χ2n) is 8.77. The molecule has 0 spiro atoms. The number of aromatic nitrogens is 1. The molecule has 4 N–H and O–H groups in total. The fraction of sp³-hybridized carbons (Fsp3) is 0.409. The first-order valence-electron chi connectivity index (χ1n) is 10.0. The summed E-state index contributed by atoms with van der Waals surface area (Å²) in [7, 11) is 0. The normalized spacial score (nSPS) is 14.7. The van der Waals surface area contributed by atoms with E-state index in [2.05, 4.69) is 10.3 Å². The molecule has 0 radical (unpaired) electrons. The van der Waals surface area contributed by atoms with Gasteiger partial charge in [-0.1, -0.05) is 0 Å². The van der Waals surface area contributed by atoms with Gasteiger partial charge in [0.25, 0.3) is 0 Å². The fourth-order valence-corrected chi connectivity index (χ4v) is 3.31. The summed E-state index contributed by atoms with van der Waals surface area (Å²) < 4.78 is 44.1. The summed E-state index contributed by atoms with van der Waals surface area (Å²) in [4.78, 5) is 18.0. The van der Waals surface area contributed by atoms with Gasteiger partial charge in [0.1, 0.15) is 11.4 Å². The maximum atomic E-state index is 12.9. The number of likely N-dealkylation sites (tertiary alicyclic amines) is 1. The van der Waals surface area contributed by atoms with E-state index >= 15 is 0 Å². The molecule has 172 valence electrons. The molecule has 1 aliphatic rings. The number of anilines is 3. The van der Waals surface area contributed by atoms with Crippen molar-refractivity contribution in [2.45, 2.75) is 39.5 Å². The van der Waals surface area contributed by atoms with Crippen LogP contribution in [0.4, 0.5) is 35.2 Å². The van der Waals surface area contributed by atoms with E-state index in [1.165, 1.54) is 11.0 Å². The minimum Gasteiger partial charge on any atom is -0.444 e. The molecule has 10 heteroatoms. The summed E-state index contributed by atoms with van der Waals surface area (Å²) in [5, 5.41) is 11.6. The van der Waals surface area contributed by atoms with Gasteiger partial charge >= 0.3 is 12.3 Å². The number of benzene rings is 1. The number of hydrogen-bond donors (Lipinski definition) is 3. The molecule has 1 amide bonds. The Morgan fingerprint density at radius 2 is 1.91 bits per heavy atom. The minimum atomic E-state index is -4.49. The fourth-order valence-electron chi connectivity index (χ4n) is 3.31. The van der Waals surface area contributed by atoms with Crippen molar-refractivity contribution in [1.82, 2.24) is 9.88 Å². The lowest BCUT2D eigenvalue weighted by atomic mass is 9.88. The van der Waals surface area contributed by atoms with Gasteiger partial charge in [0.15, 0.2) is 0 Å². The van der Waals surface area contributed by atoms with E-state index in [1.807, 2.05) is 6.92 Å². The summed E-state index contributed by atoms with van der Waals surface area (Å²) in [5.41, 5.74) is 6.14. The molecule has 0 saturated carbocycles. The van der Waals surface area contributed by atoms with Crippen LogP contribution in [0.3, 0.4) is 0 Å². The van der Waals surface area contributed by atoms with Gasteiger partial charge in [0, 0.05) is 36.5 Å². The van der Waals surface area contributed by atoms with Gasteiger partial charge in [-0.3, -0.25) is 0 Å². The smallest absolute Gasteiger partial charge is 0.416 e. The van der Waals surface area contributed by atoms with Crippen LogP contribution in [-0.4, -0.2) is 40.4 Å². The third-order valence-electron chi connectivity index (χ3n) is 5.00. The second kappa shape index (κ2) is 8.33. The molecule has 0 aliphatic carbocycles. The molecule has 1 aromatic carbocycles. The Morgan fingerprint density at radius 1 is 1.25 bits per heavy atom. The lowest BCUT2D eigenvalue weighted by Crippen LogP contribution is -2.54. The van der Waals surface area contributed by atoms with E-state index in [4.69, 9.17) is 15.9 Å². The monoisotopic (exact) mass is 449 g/mol. The maximum Gasteiger partial charge on any atom is 0.416 e. The van der Waals surface area contributed by atoms with Crippen LogP contribution in [0.5, 0.6) is 0 Å². The van der Waals surface area contributed by atoms with Crippen molar-refractivity contribution in [2.75, 3.05) is 24.1 Å². The number of halogens is 3. The number of nitrogen functional groups attached to an aromatic ring is 1. The van der Waals surface area contributed by atoms with Crippen LogP contribution in [0.15, 0.2) is 30.5 Å². The Kier molecular flexibility index (Phi) is 6.08. The summed E-state index contributed by atoms with van der Waals surface area (Å²) in [6.45, 7) is 7.85. The van der Waals surface area contributed by atoms with Crippen molar-refractivity contribution in [1.29, 1.82) is 5.41 Å². The van der Waals surface area contributed by atoms with Gasteiger partial charge in [-0.25, -0.2) is 9.78 Å². The molecule has 3 rings (SSSR count). The van der Waals surface area contributed by atoms with E-state index < -0.39 is 23.4 Å². The number of nitrogens with zero attached hydrogens (tertiary/aromatic N) is 2. The van der Waals surface area contributed by atoms with Crippen molar-refractivity contribution in [3.63, 3.8) is 0 Å². The number of hydrogen-bond acceptors (Lipinski definition) is 6. The van der Waals surface area contributed by atoms with Gasteiger partial charge in [-0.15, -0.1) is 0 Å². The zero-order valence-corrected chi connectivity index (χ0v) is 18.3. The predicted molar refractivity (Wildman–Crippen MR) is 116 cm³/mol. The van der Waals surface area contributed by atoms with Crippen LogP contribution >= 0.6 is 0 Å². The molecule has 1 aliphatic heterocycles. The van der Waals surface area contributed by atoms with Crippen molar-refractivity contribution < 1.29 is 22.7 Å². The average molecular weight is 449 g/mol. The Hall–Kier alpha value is -3.30. The van der Waals surface area contributed by atoms with Crippen molar-refractivity contribution >= 4 is 29.0 Å². The zero-order chi connectivity index (χ0) is 23.8. The number of rotatable bonds is 4. The maximum absolute atomic E-state index is 12.9. The number of alkyl halides is 3. The SMILES string of the molecule is Cc1ccnc(Nc2ccc(C(F)(F)F)cc2N)c1C(=N)C1CN(C(=O)OC(C)(C)C)C1. The lowest BCUT2D eigenvalue weighted by Gasteiger charge is -2.40. The predicted octanol–water partition coefficient (Wildman–Crippen LogP) is 4.97. The molecule has 0 atom stereocenters. The Labute approximate surface area is 184 Å². The van der Waals surface area contributed by atoms with E-state index in [9.17, 15) is 18.0 Å². The van der Waals surface area contributed by atoms with Gasteiger partial charge in [0.2, 0.25) is 0 Å². The molecule has 0 bridgehead atoms. The van der Waals surface area contributed by atoms with E-state index in [1.54, 1.807) is 33.0 Å². The standard InChI is InChI=1S/C22H26F3N5O2/c1-12-7-8-28-19(29-16-6-5-14(9-15(16)26)22(23,24)25)17(12)18(27)13-10-30(11-13)20(31)32-21(2,3)4/h5-9,13,27H,10-11,26H2,1-4H3,(H,28,29). The van der Waals surface area contributed by atoms with Gasteiger partial charge in [-0.2, -0.15) is 13.2 Å². The average Bonchev–Trinajstić information content (AvgIpc) is 2.59. The van der Waals surface area contributed by atoms with Crippen LogP contribution in [0.25, 0.3) is 0 Å². The molecule has 1 fully saturated rings. The minimum absolute atomic E-state index is 0.0830. The Morgan fingerprint density at radius 3 is 2.47 bits per heavy atom. The molecule has 1 saturated heterocycles. The topological polar surface area (TPSA) is 104 Å². The molecule has 0 unspecified atom stereocenters. The number of carbonyl (C=O) groups is 1. The third kappa shape index (κ3) is 5.12. The number of aryl methyl sites for hydroxylation is 1. The summed E-state index contributed by atoms with van der Waals surface area (Å²) >= 11 is 0. The lowest BCUT2D eigenvalue weighted by molar-refractivity contribution is -0.137. The first kappa shape index (κ1) is 23.4. The quantitative estimate of drug-likeness (QED) is 0.452. The number of pyridine rings is 1. The highest BCUT2D eigenvalue weighted by atomic mass is 19.4. The Bertz CT molecular complexity index is 1040. The molecule has 32 heavy (non-hydrogen) atoms. The van der Waals surface area contributed by atoms with Crippen LogP contribution in [0, 0.1) is 18.3 Å². The largest absolute Gasteiger partial charge is 0.444 e. The van der Waals surface area contributed by atoms with Crippen molar-refractivity contribution in [2.24, 2.45) is 5.92 Å². The first-order chi connectivity index (χ1) is 14.8. The zero-order valence-electron chi connectivity index (χ0n) is 18.3. The van der Waals surface area contributed by atoms with Crippen molar-refractivity contribution in [3.05, 3.63) is 47.2 Å². The molecule has 2 heterocycles. The molecular formula is C22H26F3N5O2. The third-order valence-corrected chi connectivity index (χ3v) is 5.00. The number of amides is 1. The van der Waals surface area contributed by atoms with Crippen LogP contribution in [0.2, 0.25) is 0 Å². The summed E-state index contributed by atoms with van der Waals surface area (Å²) in [6.07, 6.45) is -3.38. The molecule has 2 aromatic rings. The number of nitrogens with one attached hydrogen (secondary N) is 2. The number of nitrogens with two attached hydrogens (primary N) is 1. The van der Waals surface area contributed by atoms with Gasteiger partial charge in [-0.05, 0) is 57.5 Å². The van der Waals surface area contributed by atoms with Gasteiger partial charge < -0.3 is 26.1 Å². The molecule has 7 nitrogen and oxygen atoms in total. The Balaban J connectivity index is 1.78. The first-order valence-corrected chi connectivity index (χ1v) is 10.0. The van der Waals surface area contributed by atoms with E-state index in [0.29, 0.717) is 24.5 Å². The van der Waals surface area contributed by atoms with Crippen molar-refractivity contribution in [3.8, 4) is 0 Å². The number of carbonyl (C=O) groups excluding carboxylic acids is 1. The molecule has 1 aromatic heterocycles. The summed E-state index contributed by atoms with van der Waals surface area (Å²) in [5.74, 6) is 0.105. The van der Waals surface area contributed by atoms with E-state index in [0.717, 1.165) is 17.7 Å². The highest BCUT2D eigenvalue weighted by Crippen LogP contribution is 2.35.